The van der Waals surface area contributed by atoms with Crippen LogP contribution in [0.15, 0.2) is 27.4 Å². The van der Waals surface area contributed by atoms with Crippen LogP contribution in [0.3, 0.4) is 0 Å². The molecule has 1 aromatic carbocycles. The zero-order chi connectivity index (χ0) is 15.1. The first-order valence-electron chi connectivity index (χ1n) is 6.39. The van der Waals surface area contributed by atoms with Crippen LogP contribution < -0.4 is 0 Å². The van der Waals surface area contributed by atoms with E-state index in [-0.39, 0.29) is 6.54 Å². The average molecular weight is 365 g/mol. The van der Waals surface area contributed by atoms with E-state index < -0.39 is 5.97 Å². The highest BCUT2D eigenvalue weighted by atomic mass is 79.9. The number of rotatable bonds is 3. The van der Waals surface area contributed by atoms with Crippen molar-refractivity contribution in [2.45, 2.75) is 20.4 Å². The van der Waals surface area contributed by atoms with E-state index in [0.29, 0.717) is 5.82 Å². The number of benzene rings is 1. The van der Waals surface area contributed by atoms with Gasteiger partial charge in [-0.05, 0) is 59.1 Å². The summed E-state index contributed by atoms with van der Waals surface area (Å²) in [5.41, 5.74) is 4.90. The molecule has 0 saturated heterocycles. The lowest BCUT2D eigenvalue weighted by molar-refractivity contribution is -0.137. The minimum absolute atomic E-state index is 0.0954. The van der Waals surface area contributed by atoms with Crippen LogP contribution in [0, 0.1) is 13.8 Å². The van der Waals surface area contributed by atoms with Gasteiger partial charge in [-0.15, -0.1) is 11.3 Å². The first kappa shape index (κ1) is 14.3. The first-order chi connectivity index (χ1) is 9.95. The molecule has 21 heavy (non-hydrogen) atoms. The number of aliphatic carboxylic acids is 1. The van der Waals surface area contributed by atoms with Gasteiger partial charge in [-0.3, -0.25) is 4.79 Å². The van der Waals surface area contributed by atoms with E-state index in [9.17, 15) is 9.90 Å². The Morgan fingerprint density at radius 1 is 1.33 bits per heavy atom. The van der Waals surface area contributed by atoms with Gasteiger partial charge in [0.15, 0.2) is 0 Å². The molecular weight excluding hydrogens is 352 g/mol. The number of carboxylic acid groups (broad SMARTS) is 1. The number of carboxylic acids is 1. The molecule has 2 aromatic heterocycles. The highest BCUT2D eigenvalue weighted by Gasteiger charge is 2.16. The third-order valence-electron chi connectivity index (χ3n) is 3.48. The molecule has 0 aliphatic rings. The summed E-state index contributed by atoms with van der Waals surface area (Å²) >= 11 is 5.00. The van der Waals surface area contributed by atoms with E-state index >= 15 is 0 Å². The molecule has 0 radical (unpaired) electrons. The average Bonchev–Trinajstić information content (AvgIpc) is 2.95. The number of hydrogen-bond acceptors (Lipinski definition) is 3. The monoisotopic (exact) mass is 364 g/mol. The summed E-state index contributed by atoms with van der Waals surface area (Å²) in [6.45, 7) is 3.96. The van der Waals surface area contributed by atoms with Gasteiger partial charge in [-0.1, -0.05) is 0 Å². The molecule has 0 spiro atoms. The van der Waals surface area contributed by atoms with Crippen LogP contribution in [0.2, 0.25) is 0 Å². The first-order valence-corrected chi connectivity index (χ1v) is 8.06. The van der Waals surface area contributed by atoms with E-state index in [1.165, 1.54) is 0 Å². The highest BCUT2D eigenvalue weighted by molar-refractivity contribution is 9.11. The summed E-state index contributed by atoms with van der Waals surface area (Å²) in [7, 11) is 0. The molecule has 6 heteroatoms. The van der Waals surface area contributed by atoms with Crippen LogP contribution in [0.4, 0.5) is 0 Å². The van der Waals surface area contributed by atoms with Crippen molar-refractivity contribution in [2.24, 2.45) is 0 Å². The lowest BCUT2D eigenvalue weighted by atomic mass is 10.1. The SMILES string of the molecule is Cc1cc2nc(-c3csc(Br)c3)n(CC(=O)O)c2cc1C. The Bertz CT molecular complexity index is 851. The van der Waals surface area contributed by atoms with E-state index in [4.69, 9.17) is 0 Å². The number of fused-ring (bicyclic) bond motifs is 1. The topological polar surface area (TPSA) is 55.1 Å². The molecule has 0 aliphatic heterocycles. The summed E-state index contributed by atoms with van der Waals surface area (Å²) < 4.78 is 2.76. The van der Waals surface area contributed by atoms with Gasteiger partial charge in [0.1, 0.15) is 12.4 Å². The Balaban J connectivity index is 2.29. The van der Waals surface area contributed by atoms with Crippen molar-refractivity contribution in [3.63, 3.8) is 0 Å². The molecule has 0 unspecified atom stereocenters. The number of imidazole rings is 1. The summed E-state index contributed by atoms with van der Waals surface area (Å²) in [6.07, 6.45) is 0. The van der Waals surface area contributed by atoms with Gasteiger partial charge in [-0.25, -0.2) is 4.98 Å². The number of nitrogens with zero attached hydrogens (tertiary/aromatic N) is 2. The zero-order valence-corrected chi connectivity index (χ0v) is 14.0. The molecule has 108 valence electrons. The highest BCUT2D eigenvalue weighted by Crippen LogP contribution is 2.31. The second-order valence-electron chi connectivity index (χ2n) is 4.98. The van der Waals surface area contributed by atoms with Gasteiger partial charge >= 0.3 is 5.97 Å². The quantitative estimate of drug-likeness (QED) is 0.756. The van der Waals surface area contributed by atoms with Crippen molar-refractivity contribution in [1.29, 1.82) is 0 Å². The van der Waals surface area contributed by atoms with Crippen molar-refractivity contribution in [3.8, 4) is 11.4 Å². The van der Waals surface area contributed by atoms with Crippen LogP contribution in [-0.4, -0.2) is 20.6 Å². The molecule has 0 aliphatic carbocycles. The number of hydrogen-bond donors (Lipinski definition) is 1. The summed E-state index contributed by atoms with van der Waals surface area (Å²) in [5, 5.41) is 11.2. The molecule has 3 aromatic rings. The van der Waals surface area contributed by atoms with Crippen molar-refractivity contribution >= 4 is 44.3 Å². The predicted octanol–water partition coefficient (Wildman–Crippen LogP) is 4.23. The van der Waals surface area contributed by atoms with Gasteiger partial charge in [0, 0.05) is 10.9 Å². The van der Waals surface area contributed by atoms with Gasteiger partial charge in [0.05, 0.1) is 14.8 Å². The maximum atomic E-state index is 11.2. The zero-order valence-electron chi connectivity index (χ0n) is 11.6. The Hall–Kier alpha value is -1.66. The Morgan fingerprint density at radius 2 is 2.05 bits per heavy atom. The van der Waals surface area contributed by atoms with Gasteiger partial charge in [0.2, 0.25) is 0 Å². The Kier molecular flexibility index (Phi) is 3.59. The number of thiophene rings is 1. The van der Waals surface area contributed by atoms with E-state index in [0.717, 1.165) is 31.5 Å². The van der Waals surface area contributed by atoms with Gasteiger partial charge in [-0.2, -0.15) is 0 Å². The predicted molar refractivity (Wildman–Crippen MR) is 87.9 cm³/mol. The lowest BCUT2D eigenvalue weighted by Gasteiger charge is -2.06. The number of carbonyl (C=O) groups is 1. The Labute approximate surface area is 134 Å². The van der Waals surface area contributed by atoms with Crippen molar-refractivity contribution < 1.29 is 9.90 Å². The smallest absolute Gasteiger partial charge is 0.323 e. The van der Waals surface area contributed by atoms with Gasteiger partial charge < -0.3 is 9.67 Å². The molecular formula is C15H13BrN2O2S. The largest absolute Gasteiger partial charge is 0.480 e. The third kappa shape index (κ3) is 2.61. The number of aromatic nitrogens is 2. The van der Waals surface area contributed by atoms with E-state index in [2.05, 4.69) is 20.9 Å². The second kappa shape index (κ2) is 5.27. The maximum Gasteiger partial charge on any atom is 0.323 e. The van der Waals surface area contributed by atoms with Crippen molar-refractivity contribution in [3.05, 3.63) is 38.5 Å². The minimum atomic E-state index is -0.872. The van der Waals surface area contributed by atoms with Gasteiger partial charge in [0.25, 0.3) is 0 Å². The summed E-state index contributed by atoms with van der Waals surface area (Å²) in [5.74, 6) is -0.178. The van der Waals surface area contributed by atoms with Crippen LogP contribution in [0.1, 0.15) is 11.1 Å². The third-order valence-corrected chi connectivity index (χ3v) is 4.99. The molecule has 4 nitrogen and oxygen atoms in total. The molecule has 1 N–H and O–H groups in total. The molecule has 2 heterocycles. The standard InChI is InChI=1S/C15H13BrN2O2S/c1-8-3-11-12(4-9(8)2)18(6-14(19)20)15(17-11)10-5-13(16)21-7-10/h3-5,7H,6H2,1-2H3,(H,19,20). The molecule has 0 amide bonds. The van der Waals surface area contributed by atoms with Crippen molar-refractivity contribution in [2.75, 3.05) is 0 Å². The number of aryl methyl sites for hydroxylation is 2. The maximum absolute atomic E-state index is 11.2. The fraction of sp³-hybridized carbons (Fsp3) is 0.200. The summed E-state index contributed by atoms with van der Waals surface area (Å²) in [4.78, 5) is 15.8. The van der Waals surface area contributed by atoms with Crippen LogP contribution in [0.25, 0.3) is 22.4 Å². The minimum Gasteiger partial charge on any atom is -0.480 e. The molecule has 3 rings (SSSR count). The molecule has 0 fully saturated rings. The lowest BCUT2D eigenvalue weighted by Crippen LogP contribution is -2.09. The fourth-order valence-electron chi connectivity index (χ4n) is 2.32. The fourth-order valence-corrected chi connectivity index (χ4v) is 3.46. The van der Waals surface area contributed by atoms with Crippen LogP contribution in [-0.2, 0) is 11.3 Å². The summed E-state index contributed by atoms with van der Waals surface area (Å²) in [6, 6.07) is 5.98. The van der Waals surface area contributed by atoms with Crippen molar-refractivity contribution in [1.82, 2.24) is 9.55 Å². The molecule has 0 bridgehead atoms. The second-order valence-corrected chi connectivity index (χ2v) is 7.27. The van der Waals surface area contributed by atoms with E-state index in [1.54, 1.807) is 15.9 Å². The molecule has 0 atom stereocenters. The van der Waals surface area contributed by atoms with E-state index in [1.807, 2.05) is 37.4 Å². The molecule has 0 saturated carbocycles. The number of halogens is 1. The Morgan fingerprint density at radius 3 is 2.67 bits per heavy atom. The van der Waals surface area contributed by atoms with Crippen LogP contribution >= 0.6 is 27.3 Å². The normalized spacial score (nSPS) is 11.2. The van der Waals surface area contributed by atoms with Crippen LogP contribution in [0.5, 0.6) is 0 Å².